The molecule has 5 nitrogen and oxygen atoms in total. The third-order valence-electron chi connectivity index (χ3n) is 3.35. The van der Waals surface area contributed by atoms with Crippen LogP contribution in [-0.2, 0) is 6.42 Å². The summed E-state index contributed by atoms with van der Waals surface area (Å²) < 4.78 is 0. The SMILES string of the molecule is C/C=C/CCNC(=NC)NCCc1cccc(C(=O)N(C)C)c1. The van der Waals surface area contributed by atoms with Crippen molar-refractivity contribution in [1.29, 1.82) is 0 Å². The maximum absolute atomic E-state index is 12.0. The molecule has 0 saturated heterocycles. The Balaban J connectivity index is 2.45. The van der Waals surface area contributed by atoms with Crippen LogP contribution in [0.25, 0.3) is 0 Å². The molecule has 1 amide bonds. The first-order valence-electron chi connectivity index (χ1n) is 7.94. The van der Waals surface area contributed by atoms with E-state index in [0.29, 0.717) is 0 Å². The zero-order valence-corrected chi connectivity index (χ0v) is 14.6. The van der Waals surface area contributed by atoms with Crippen LogP contribution in [0, 0.1) is 0 Å². The van der Waals surface area contributed by atoms with Crippen LogP contribution in [0.15, 0.2) is 41.4 Å². The molecular weight excluding hydrogens is 288 g/mol. The predicted molar refractivity (Wildman–Crippen MR) is 97.0 cm³/mol. The van der Waals surface area contributed by atoms with E-state index in [1.54, 1.807) is 26.0 Å². The van der Waals surface area contributed by atoms with Crippen molar-refractivity contribution in [3.8, 4) is 0 Å². The van der Waals surface area contributed by atoms with Gasteiger partial charge in [-0.2, -0.15) is 0 Å². The van der Waals surface area contributed by atoms with Crippen LogP contribution in [0.1, 0.15) is 29.3 Å². The summed E-state index contributed by atoms with van der Waals surface area (Å²) in [6.45, 7) is 3.64. The Labute approximate surface area is 139 Å². The monoisotopic (exact) mass is 316 g/mol. The fourth-order valence-corrected chi connectivity index (χ4v) is 2.10. The number of hydrogen-bond donors (Lipinski definition) is 2. The molecule has 0 aromatic heterocycles. The molecular formula is C18H28N4O. The highest BCUT2D eigenvalue weighted by atomic mass is 16.2. The molecule has 126 valence electrons. The van der Waals surface area contributed by atoms with Crippen LogP contribution in [0.2, 0.25) is 0 Å². The van der Waals surface area contributed by atoms with Gasteiger partial charge in [-0.05, 0) is 37.5 Å². The summed E-state index contributed by atoms with van der Waals surface area (Å²) in [7, 11) is 5.29. The fourth-order valence-electron chi connectivity index (χ4n) is 2.10. The van der Waals surface area contributed by atoms with Gasteiger partial charge in [0.2, 0.25) is 0 Å². The van der Waals surface area contributed by atoms with E-state index in [9.17, 15) is 4.79 Å². The largest absolute Gasteiger partial charge is 0.356 e. The molecule has 0 aliphatic rings. The van der Waals surface area contributed by atoms with Crippen molar-refractivity contribution in [3.63, 3.8) is 0 Å². The molecule has 0 aliphatic carbocycles. The highest BCUT2D eigenvalue weighted by Gasteiger charge is 2.08. The molecule has 1 aromatic rings. The van der Waals surface area contributed by atoms with Gasteiger partial charge in [0.15, 0.2) is 5.96 Å². The highest BCUT2D eigenvalue weighted by molar-refractivity contribution is 5.94. The Bertz CT molecular complexity index is 550. The molecule has 0 fully saturated rings. The first-order chi connectivity index (χ1) is 11.1. The van der Waals surface area contributed by atoms with Crippen molar-refractivity contribution < 1.29 is 4.79 Å². The first kappa shape index (κ1) is 18.7. The molecule has 5 heteroatoms. The Kier molecular flexibility index (Phi) is 8.50. The van der Waals surface area contributed by atoms with Gasteiger partial charge in [-0.1, -0.05) is 24.3 Å². The number of carbonyl (C=O) groups is 1. The average molecular weight is 316 g/mol. The molecule has 0 heterocycles. The smallest absolute Gasteiger partial charge is 0.253 e. The number of hydrogen-bond acceptors (Lipinski definition) is 2. The van der Waals surface area contributed by atoms with Crippen LogP contribution in [0.5, 0.6) is 0 Å². The van der Waals surface area contributed by atoms with E-state index in [1.165, 1.54) is 0 Å². The number of aliphatic imine (C=N–C) groups is 1. The lowest BCUT2D eigenvalue weighted by molar-refractivity contribution is 0.0827. The van der Waals surface area contributed by atoms with Crippen LogP contribution in [-0.4, -0.2) is 51.0 Å². The number of guanidine groups is 1. The maximum Gasteiger partial charge on any atom is 0.253 e. The minimum Gasteiger partial charge on any atom is -0.356 e. The molecule has 0 unspecified atom stereocenters. The normalized spacial score (nSPS) is 11.6. The topological polar surface area (TPSA) is 56.7 Å². The minimum absolute atomic E-state index is 0.0289. The van der Waals surface area contributed by atoms with E-state index < -0.39 is 0 Å². The van der Waals surface area contributed by atoms with Gasteiger partial charge in [0, 0.05) is 39.8 Å². The summed E-state index contributed by atoms with van der Waals surface area (Å²) in [6.07, 6.45) is 5.98. The van der Waals surface area contributed by atoms with Gasteiger partial charge in [0.05, 0.1) is 0 Å². The van der Waals surface area contributed by atoms with Crippen LogP contribution in [0.4, 0.5) is 0 Å². The van der Waals surface area contributed by atoms with Gasteiger partial charge in [0.1, 0.15) is 0 Å². The molecule has 0 spiro atoms. The molecule has 0 radical (unpaired) electrons. The standard InChI is InChI=1S/C18H28N4O/c1-5-6-7-12-20-18(19-2)21-13-11-15-9-8-10-16(14-15)17(23)22(3)4/h5-6,8-10,14H,7,11-13H2,1-4H3,(H2,19,20,21)/b6-5+. The molecule has 0 aliphatic heterocycles. The van der Waals surface area contributed by atoms with Gasteiger partial charge in [-0.3, -0.25) is 9.79 Å². The average Bonchev–Trinajstić information content (AvgIpc) is 2.56. The van der Waals surface area contributed by atoms with Gasteiger partial charge in [-0.25, -0.2) is 0 Å². The van der Waals surface area contributed by atoms with E-state index in [0.717, 1.165) is 43.0 Å². The number of nitrogens with zero attached hydrogens (tertiary/aromatic N) is 2. The van der Waals surface area contributed by atoms with E-state index in [2.05, 4.69) is 21.7 Å². The number of benzene rings is 1. The third-order valence-corrected chi connectivity index (χ3v) is 3.35. The van der Waals surface area contributed by atoms with Crippen molar-refractivity contribution in [2.24, 2.45) is 4.99 Å². The van der Waals surface area contributed by atoms with Crippen LogP contribution in [0.3, 0.4) is 0 Å². The van der Waals surface area contributed by atoms with Crippen LogP contribution >= 0.6 is 0 Å². The molecule has 2 N–H and O–H groups in total. The summed E-state index contributed by atoms with van der Waals surface area (Å²) in [5.74, 6) is 0.830. The predicted octanol–water partition coefficient (Wildman–Crippen LogP) is 2.06. The third kappa shape index (κ3) is 7.00. The van der Waals surface area contributed by atoms with Crippen molar-refractivity contribution >= 4 is 11.9 Å². The van der Waals surface area contributed by atoms with Gasteiger partial charge < -0.3 is 15.5 Å². The molecule has 0 bridgehead atoms. The summed E-state index contributed by atoms with van der Waals surface area (Å²) in [4.78, 5) is 17.8. The Morgan fingerprint density at radius 2 is 2.00 bits per heavy atom. The van der Waals surface area contributed by atoms with E-state index >= 15 is 0 Å². The van der Waals surface area contributed by atoms with Crippen LogP contribution < -0.4 is 10.6 Å². The Morgan fingerprint density at radius 3 is 2.65 bits per heavy atom. The minimum atomic E-state index is 0.0289. The number of allylic oxidation sites excluding steroid dienone is 1. The number of nitrogens with one attached hydrogen (secondary N) is 2. The van der Waals surface area contributed by atoms with Crippen molar-refractivity contribution in [1.82, 2.24) is 15.5 Å². The Morgan fingerprint density at radius 1 is 1.26 bits per heavy atom. The van der Waals surface area contributed by atoms with E-state index in [-0.39, 0.29) is 5.91 Å². The lowest BCUT2D eigenvalue weighted by Crippen LogP contribution is -2.38. The Hall–Kier alpha value is -2.30. The lowest BCUT2D eigenvalue weighted by atomic mass is 10.1. The number of amides is 1. The van der Waals surface area contributed by atoms with Crippen molar-refractivity contribution in [2.45, 2.75) is 19.8 Å². The quantitative estimate of drug-likeness (QED) is 0.350. The fraction of sp³-hybridized carbons (Fsp3) is 0.444. The van der Waals surface area contributed by atoms with Crippen molar-refractivity contribution in [3.05, 3.63) is 47.5 Å². The first-order valence-corrected chi connectivity index (χ1v) is 7.94. The summed E-state index contributed by atoms with van der Waals surface area (Å²) in [5, 5.41) is 6.55. The zero-order chi connectivity index (χ0) is 17.1. The summed E-state index contributed by atoms with van der Waals surface area (Å²) in [5.41, 5.74) is 1.86. The summed E-state index contributed by atoms with van der Waals surface area (Å²) in [6, 6.07) is 7.76. The van der Waals surface area contributed by atoms with E-state index in [4.69, 9.17) is 0 Å². The van der Waals surface area contributed by atoms with Gasteiger partial charge in [-0.15, -0.1) is 0 Å². The second-order valence-electron chi connectivity index (χ2n) is 5.43. The van der Waals surface area contributed by atoms with Crippen molar-refractivity contribution in [2.75, 3.05) is 34.2 Å². The second kappa shape index (κ2) is 10.4. The zero-order valence-electron chi connectivity index (χ0n) is 14.6. The molecule has 1 aromatic carbocycles. The molecule has 1 rings (SSSR count). The highest BCUT2D eigenvalue weighted by Crippen LogP contribution is 2.07. The van der Waals surface area contributed by atoms with E-state index in [1.807, 2.05) is 37.3 Å². The second-order valence-corrected chi connectivity index (χ2v) is 5.43. The molecule has 23 heavy (non-hydrogen) atoms. The number of rotatable bonds is 7. The van der Waals surface area contributed by atoms with Gasteiger partial charge >= 0.3 is 0 Å². The van der Waals surface area contributed by atoms with Gasteiger partial charge in [0.25, 0.3) is 5.91 Å². The number of carbonyl (C=O) groups excluding carboxylic acids is 1. The lowest BCUT2D eigenvalue weighted by Gasteiger charge is -2.13. The molecule has 0 atom stereocenters. The maximum atomic E-state index is 12.0. The molecule has 0 saturated carbocycles. The summed E-state index contributed by atoms with van der Waals surface area (Å²) >= 11 is 0.